The first-order valence-corrected chi connectivity index (χ1v) is 5.37. The van der Waals surface area contributed by atoms with E-state index in [-0.39, 0.29) is 11.8 Å². The molecule has 2 fully saturated rings. The molecule has 80 valence electrons. The van der Waals surface area contributed by atoms with E-state index in [1.54, 1.807) is 0 Å². The summed E-state index contributed by atoms with van der Waals surface area (Å²) in [5.41, 5.74) is -0.775. The molecule has 0 radical (unpaired) electrons. The summed E-state index contributed by atoms with van der Waals surface area (Å²) < 4.78 is 0. The normalized spacial score (nSPS) is 27.6. The van der Waals surface area contributed by atoms with Gasteiger partial charge in [0.2, 0.25) is 5.91 Å². The van der Waals surface area contributed by atoms with Crippen molar-refractivity contribution < 1.29 is 9.59 Å². The van der Waals surface area contributed by atoms with Crippen LogP contribution in [0.3, 0.4) is 0 Å². The second-order valence-electron chi connectivity index (χ2n) is 4.56. The zero-order valence-electron chi connectivity index (χ0n) is 8.38. The van der Waals surface area contributed by atoms with Gasteiger partial charge in [-0.3, -0.25) is 9.59 Å². The molecule has 15 heavy (non-hydrogen) atoms. The van der Waals surface area contributed by atoms with E-state index in [4.69, 9.17) is 0 Å². The van der Waals surface area contributed by atoms with Crippen LogP contribution in [0.15, 0.2) is 4.99 Å². The minimum absolute atomic E-state index is 0.157. The van der Waals surface area contributed by atoms with Crippen LogP contribution in [0, 0.1) is 5.41 Å². The number of rotatable bonds is 3. The van der Waals surface area contributed by atoms with Crippen LogP contribution >= 0.6 is 0 Å². The molecule has 0 aromatic rings. The Morgan fingerprint density at radius 3 is 2.67 bits per heavy atom. The third kappa shape index (κ3) is 1.47. The summed E-state index contributed by atoms with van der Waals surface area (Å²) in [6.07, 6.45) is 3.67. The standard InChI is InChI=1S/C10H13N3O2/c14-8-10(3-4-10)9(15)13-7(12-8)5-11-6-1-2-6/h6,11H,1-5H2,(H,12,13,14,15). The number of carbonyl (C=O) groups excluding carboxylic acids is 2. The Balaban J connectivity index is 1.69. The highest BCUT2D eigenvalue weighted by Crippen LogP contribution is 2.48. The molecule has 3 rings (SSSR count). The van der Waals surface area contributed by atoms with Crippen LogP contribution in [0.4, 0.5) is 0 Å². The molecule has 1 heterocycles. The molecule has 5 heteroatoms. The number of nitrogens with one attached hydrogen (secondary N) is 2. The number of carbonyl (C=O) groups is 2. The number of amides is 2. The van der Waals surface area contributed by atoms with Gasteiger partial charge in [-0.1, -0.05) is 0 Å². The summed E-state index contributed by atoms with van der Waals surface area (Å²) in [7, 11) is 0. The van der Waals surface area contributed by atoms with Crippen molar-refractivity contribution in [2.75, 3.05) is 6.54 Å². The molecule has 0 atom stereocenters. The summed E-state index contributed by atoms with van der Waals surface area (Å²) in [5.74, 6) is 0.0726. The molecule has 2 N–H and O–H groups in total. The van der Waals surface area contributed by atoms with Gasteiger partial charge in [0.25, 0.3) is 5.91 Å². The second kappa shape index (κ2) is 2.88. The molecule has 1 aliphatic heterocycles. The van der Waals surface area contributed by atoms with E-state index in [0.29, 0.717) is 31.3 Å². The molecule has 0 unspecified atom stereocenters. The summed E-state index contributed by atoms with van der Waals surface area (Å²) >= 11 is 0. The van der Waals surface area contributed by atoms with E-state index < -0.39 is 5.41 Å². The van der Waals surface area contributed by atoms with Crippen molar-refractivity contribution in [2.24, 2.45) is 10.4 Å². The lowest BCUT2D eigenvalue weighted by atomic mass is 10.0. The van der Waals surface area contributed by atoms with Crippen LogP contribution in [-0.4, -0.2) is 30.2 Å². The van der Waals surface area contributed by atoms with Gasteiger partial charge in [0, 0.05) is 6.04 Å². The Labute approximate surface area is 87.3 Å². The Bertz CT molecular complexity index is 367. The molecule has 1 spiro atoms. The number of nitrogens with zero attached hydrogens (tertiary/aromatic N) is 1. The Morgan fingerprint density at radius 1 is 1.40 bits per heavy atom. The number of hydrogen-bond acceptors (Lipinski definition) is 3. The highest BCUT2D eigenvalue weighted by molar-refractivity contribution is 6.20. The van der Waals surface area contributed by atoms with Gasteiger partial charge in [-0.2, -0.15) is 4.99 Å². The van der Waals surface area contributed by atoms with E-state index in [1.807, 2.05) is 0 Å². The summed E-state index contributed by atoms with van der Waals surface area (Å²) in [5, 5.41) is 5.93. The van der Waals surface area contributed by atoms with Crippen LogP contribution in [0.2, 0.25) is 0 Å². The first-order valence-electron chi connectivity index (χ1n) is 5.37. The molecule has 0 aromatic carbocycles. The third-order valence-electron chi connectivity index (χ3n) is 3.22. The van der Waals surface area contributed by atoms with E-state index in [9.17, 15) is 9.59 Å². The molecule has 2 amide bonds. The molecule has 2 aliphatic carbocycles. The largest absolute Gasteiger partial charge is 0.312 e. The van der Waals surface area contributed by atoms with Gasteiger partial charge < -0.3 is 10.6 Å². The van der Waals surface area contributed by atoms with Gasteiger partial charge in [-0.15, -0.1) is 0 Å². The maximum Gasteiger partial charge on any atom is 0.263 e. The SMILES string of the molecule is O=C1N=C(CNC2CC2)NC(=O)C12CC2. The van der Waals surface area contributed by atoms with Crippen molar-refractivity contribution in [3.8, 4) is 0 Å². The van der Waals surface area contributed by atoms with E-state index in [2.05, 4.69) is 15.6 Å². The molecule has 5 nitrogen and oxygen atoms in total. The lowest BCUT2D eigenvalue weighted by Gasteiger charge is -2.19. The average molecular weight is 207 g/mol. The van der Waals surface area contributed by atoms with E-state index in [1.165, 1.54) is 12.8 Å². The predicted octanol–water partition coefficient (Wildman–Crippen LogP) is -0.427. The van der Waals surface area contributed by atoms with Crippen molar-refractivity contribution in [3.63, 3.8) is 0 Å². The zero-order chi connectivity index (χ0) is 10.5. The fourth-order valence-corrected chi connectivity index (χ4v) is 1.78. The smallest absolute Gasteiger partial charge is 0.263 e. The van der Waals surface area contributed by atoms with Crippen molar-refractivity contribution in [2.45, 2.75) is 31.7 Å². The van der Waals surface area contributed by atoms with E-state index >= 15 is 0 Å². The number of amidine groups is 1. The Morgan fingerprint density at radius 2 is 2.13 bits per heavy atom. The van der Waals surface area contributed by atoms with Crippen LogP contribution < -0.4 is 10.6 Å². The van der Waals surface area contributed by atoms with Gasteiger partial charge in [-0.25, -0.2) is 0 Å². The van der Waals surface area contributed by atoms with Gasteiger partial charge in [0.05, 0.1) is 6.54 Å². The molecule has 2 saturated carbocycles. The van der Waals surface area contributed by atoms with E-state index in [0.717, 1.165) is 0 Å². The van der Waals surface area contributed by atoms with Crippen LogP contribution in [0.1, 0.15) is 25.7 Å². The van der Waals surface area contributed by atoms with Gasteiger partial charge in [-0.05, 0) is 25.7 Å². The predicted molar refractivity (Wildman–Crippen MR) is 53.3 cm³/mol. The Hall–Kier alpha value is -1.23. The Kier molecular flexibility index (Phi) is 1.74. The minimum Gasteiger partial charge on any atom is -0.312 e. The topological polar surface area (TPSA) is 70.6 Å². The molecule has 0 aromatic heterocycles. The zero-order valence-corrected chi connectivity index (χ0v) is 8.38. The average Bonchev–Trinajstić information content (AvgIpc) is 3.06. The number of hydrogen-bond donors (Lipinski definition) is 2. The summed E-state index contributed by atoms with van der Waals surface area (Å²) in [4.78, 5) is 27.1. The third-order valence-corrected chi connectivity index (χ3v) is 3.22. The van der Waals surface area contributed by atoms with Crippen molar-refractivity contribution >= 4 is 17.6 Å². The summed E-state index contributed by atoms with van der Waals surface area (Å²) in [6.45, 7) is 0.498. The van der Waals surface area contributed by atoms with Crippen LogP contribution in [-0.2, 0) is 9.59 Å². The highest BCUT2D eigenvalue weighted by atomic mass is 16.2. The molecular weight excluding hydrogens is 194 g/mol. The lowest BCUT2D eigenvalue weighted by Crippen LogP contribution is -2.48. The lowest BCUT2D eigenvalue weighted by molar-refractivity contribution is -0.135. The van der Waals surface area contributed by atoms with Gasteiger partial charge >= 0.3 is 0 Å². The van der Waals surface area contributed by atoms with Gasteiger partial charge in [0.15, 0.2) is 0 Å². The van der Waals surface area contributed by atoms with Gasteiger partial charge in [0.1, 0.15) is 11.3 Å². The quantitative estimate of drug-likeness (QED) is 0.617. The second-order valence-corrected chi connectivity index (χ2v) is 4.56. The summed E-state index contributed by atoms with van der Waals surface area (Å²) in [6, 6.07) is 0.552. The molecule has 0 bridgehead atoms. The minimum atomic E-state index is -0.775. The molecule has 0 saturated heterocycles. The van der Waals surface area contributed by atoms with Crippen molar-refractivity contribution in [1.29, 1.82) is 0 Å². The molecule has 3 aliphatic rings. The maximum atomic E-state index is 11.6. The fourth-order valence-electron chi connectivity index (χ4n) is 1.78. The van der Waals surface area contributed by atoms with Crippen molar-refractivity contribution in [1.82, 2.24) is 10.6 Å². The van der Waals surface area contributed by atoms with Crippen LogP contribution in [0.5, 0.6) is 0 Å². The number of aliphatic imine (C=N–C) groups is 1. The first-order chi connectivity index (χ1) is 7.21. The first kappa shape index (κ1) is 9.03. The maximum absolute atomic E-state index is 11.6. The van der Waals surface area contributed by atoms with Crippen LogP contribution in [0.25, 0.3) is 0 Å². The monoisotopic (exact) mass is 207 g/mol. The highest BCUT2D eigenvalue weighted by Gasteiger charge is 2.58. The fraction of sp³-hybridized carbons (Fsp3) is 0.700. The molecular formula is C10H13N3O2. The van der Waals surface area contributed by atoms with Crippen molar-refractivity contribution in [3.05, 3.63) is 0 Å².